The van der Waals surface area contributed by atoms with Gasteiger partial charge in [-0.1, -0.05) is 43.5 Å². The molecular formula is C27H36N2O4. The van der Waals surface area contributed by atoms with Crippen molar-refractivity contribution in [2.24, 2.45) is 5.92 Å². The molecule has 1 heterocycles. The number of hydrogen-bond acceptors (Lipinski definition) is 4. The number of nitrogens with zero attached hydrogens (tertiary/aromatic N) is 1. The summed E-state index contributed by atoms with van der Waals surface area (Å²) in [4.78, 5) is 28.0. The highest BCUT2D eigenvalue weighted by Crippen LogP contribution is 2.30. The van der Waals surface area contributed by atoms with Crippen molar-refractivity contribution in [3.63, 3.8) is 0 Å². The number of likely N-dealkylation sites (tertiary alicyclic amines) is 1. The van der Waals surface area contributed by atoms with E-state index in [1.807, 2.05) is 41.3 Å². The normalized spacial score (nSPS) is 19.4. The van der Waals surface area contributed by atoms with Gasteiger partial charge in [0.05, 0.1) is 19.1 Å². The SMILES string of the molecule is COc1ccc(C(=O)N2CCCC(C(=O)NCCCOC3CCCCC3)C2)c2ccccc12. The van der Waals surface area contributed by atoms with Crippen molar-refractivity contribution in [1.82, 2.24) is 10.2 Å². The van der Waals surface area contributed by atoms with E-state index in [4.69, 9.17) is 9.47 Å². The van der Waals surface area contributed by atoms with Crippen LogP contribution < -0.4 is 10.1 Å². The van der Waals surface area contributed by atoms with Crippen molar-refractivity contribution in [2.45, 2.75) is 57.5 Å². The van der Waals surface area contributed by atoms with Gasteiger partial charge in [0.2, 0.25) is 5.91 Å². The van der Waals surface area contributed by atoms with Crippen LogP contribution in [0.1, 0.15) is 61.7 Å². The molecule has 4 rings (SSSR count). The van der Waals surface area contributed by atoms with Crippen molar-refractivity contribution in [3.05, 3.63) is 42.0 Å². The first kappa shape index (κ1) is 23.6. The van der Waals surface area contributed by atoms with E-state index in [-0.39, 0.29) is 17.7 Å². The first-order valence-corrected chi connectivity index (χ1v) is 12.4. The molecule has 0 aromatic heterocycles. The fourth-order valence-corrected chi connectivity index (χ4v) is 5.09. The molecule has 2 amide bonds. The third-order valence-electron chi connectivity index (χ3n) is 6.94. The summed E-state index contributed by atoms with van der Waals surface area (Å²) in [6.45, 7) is 2.46. The molecule has 1 aliphatic carbocycles. The standard InChI is InChI=1S/C27H36N2O4/c1-32-25-15-14-24(22-12-5-6-13-23(22)25)27(31)29-17-7-9-20(19-29)26(30)28-16-8-18-33-21-10-3-2-4-11-21/h5-6,12-15,20-21H,2-4,7-11,16-19H2,1H3,(H,28,30). The lowest BCUT2D eigenvalue weighted by Gasteiger charge is -2.32. The Hall–Kier alpha value is -2.60. The second-order valence-corrected chi connectivity index (χ2v) is 9.23. The van der Waals surface area contributed by atoms with Crippen LogP contribution in [0.4, 0.5) is 0 Å². The van der Waals surface area contributed by atoms with E-state index in [1.54, 1.807) is 7.11 Å². The molecule has 1 aliphatic heterocycles. The zero-order valence-corrected chi connectivity index (χ0v) is 19.7. The lowest BCUT2D eigenvalue weighted by molar-refractivity contribution is -0.126. The number of methoxy groups -OCH3 is 1. The highest BCUT2D eigenvalue weighted by atomic mass is 16.5. The summed E-state index contributed by atoms with van der Waals surface area (Å²) in [6, 6.07) is 11.5. The van der Waals surface area contributed by atoms with Crippen LogP contribution in [-0.4, -0.2) is 56.2 Å². The molecule has 1 saturated carbocycles. The molecule has 1 unspecified atom stereocenters. The van der Waals surface area contributed by atoms with Crippen molar-refractivity contribution in [3.8, 4) is 5.75 Å². The van der Waals surface area contributed by atoms with E-state index in [9.17, 15) is 9.59 Å². The lowest BCUT2D eigenvalue weighted by atomic mass is 9.95. The molecule has 1 N–H and O–H groups in total. The average Bonchev–Trinajstić information content (AvgIpc) is 2.88. The molecule has 0 spiro atoms. The summed E-state index contributed by atoms with van der Waals surface area (Å²) in [5.41, 5.74) is 0.660. The molecule has 2 aromatic carbocycles. The van der Waals surface area contributed by atoms with Crippen molar-refractivity contribution in [2.75, 3.05) is 33.4 Å². The molecule has 6 heteroatoms. The van der Waals surface area contributed by atoms with Gasteiger partial charge in [0.15, 0.2) is 0 Å². The van der Waals surface area contributed by atoms with Gasteiger partial charge >= 0.3 is 0 Å². The Morgan fingerprint density at radius 2 is 1.79 bits per heavy atom. The van der Waals surface area contributed by atoms with Crippen molar-refractivity contribution in [1.29, 1.82) is 0 Å². The quantitative estimate of drug-likeness (QED) is 0.597. The zero-order valence-electron chi connectivity index (χ0n) is 19.7. The number of amides is 2. The molecule has 2 fully saturated rings. The molecule has 33 heavy (non-hydrogen) atoms. The highest BCUT2D eigenvalue weighted by Gasteiger charge is 2.29. The minimum absolute atomic E-state index is 0.0211. The molecular weight excluding hydrogens is 416 g/mol. The summed E-state index contributed by atoms with van der Waals surface area (Å²) in [5.74, 6) is 0.619. The molecule has 2 aromatic rings. The van der Waals surface area contributed by atoms with Crippen LogP contribution in [0, 0.1) is 5.92 Å². The Morgan fingerprint density at radius 3 is 2.58 bits per heavy atom. The Bertz CT molecular complexity index is 954. The summed E-state index contributed by atoms with van der Waals surface area (Å²) in [5, 5.41) is 4.87. The highest BCUT2D eigenvalue weighted by molar-refractivity contribution is 6.08. The van der Waals surface area contributed by atoms with Crippen LogP contribution in [0.15, 0.2) is 36.4 Å². The molecule has 2 aliphatic rings. The summed E-state index contributed by atoms with van der Waals surface area (Å²) < 4.78 is 11.4. The van der Waals surface area contributed by atoms with Crippen LogP contribution in [0.5, 0.6) is 5.75 Å². The second kappa shape index (κ2) is 11.5. The predicted molar refractivity (Wildman–Crippen MR) is 130 cm³/mol. The maximum atomic E-state index is 13.4. The third kappa shape index (κ3) is 5.85. The Morgan fingerprint density at radius 1 is 1.00 bits per heavy atom. The number of ether oxygens (including phenoxy) is 2. The van der Waals surface area contributed by atoms with Gasteiger partial charge in [-0.3, -0.25) is 9.59 Å². The minimum atomic E-state index is -0.161. The van der Waals surface area contributed by atoms with E-state index in [0.717, 1.165) is 35.8 Å². The van der Waals surface area contributed by atoms with Crippen molar-refractivity contribution >= 4 is 22.6 Å². The number of carbonyl (C=O) groups excluding carboxylic acids is 2. The zero-order chi connectivity index (χ0) is 23.0. The molecule has 6 nitrogen and oxygen atoms in total. The number of nitrogens with one attached hydrogen (secondary N) is 1. The molecule has 0 radical (unpaired) electrons. The van der Waals surface area contributed by atoms with E-state index in [0.29, 0.717) is 37.9 Å². The predicted octanol–water partition coefficient (Wildman–Crippen LogP) is 4.56. The van der Waals surface area contributed by atoms with Crippen LogP contribution in [0.3, 0.4) is 0 Å². The summed E-state index contributed by atoms with van der Waals surface area (Å²) >= 11 is 0. The van der Waals surface area contributed by atoms with Gasteiger partial charge in [-0.15, -0.1) is 0 Å². The fourth-order valence-electron chi connectivity index (χ4n) is 5.09. The van der Waals surface area contributed by atoms with Gasteiger partial charge in [0.1, 0.15) is 5.75 Å². The molecule has 1 saturated heterocycles. The van der Waals surface area contributed by atoms with Crippen LogP contribution in [0.25, 0.3) is 10.8 Å². The van der Waals surface area contributed by atoms with Crippen LogP contribution >= 0.6 is 0 Å². The molecule has 0 bridgehead atoms. The van der Waals surface area contributed by atoms with Crippen LogP contribution in [0.2, 0.25) is 0 Å². The van der Waals surface area contributed by atoms with Crippen LogP contribution in [-0.2, 0) is 9.53 Å². The maximum Gasteiger partial charge on any atom is 0.254 e. The van der Waals surface area contributed by atoms with Gasteiger partial charge in [0, 0.05) is 37.2 Å². The Kier molecular flexibility index (Phi) is 8.21. The monoisotopic (exact) mass is 452 g/mol. The van der Waals surface area contributed by atoms with Gasteiger partial charge in [-0.05, 0) is 49.6 Å². The van der Waals surface area contributed by atoms with E-state index < -0.39 is 0 Å². The minimum Gasteiger partial charge on any atom is -0.496 e. The fraction of sp³-hybridized carbons (Fsp3) is 0.556. The Labute approximate surface area is 196 Å². The number of fused-ring (bicyclic) bond motifs is 1. The van der Waals surface area contributed by atoms with Gasteiger partial charge in [-0.2, -0.15) is 0 Å². The largest absolute Gasteiger partial charge is 0.496 e. The Balaban J connectivity index is 1.29. The first-order valence-electron chi connectivity index (χ1n) is 12.4. The summed E-state index contributed by atoms with van der Waals surface area (Å²) in [6.07, 6.45) is 9.08. The number of piperidine rings is 1. The van der Waals surface area contributed by atoms with E-state index >= 15 is 0 Å². The number of hydrogen-bond donors (Lipinski definition) is 1. The van der Waals surface area contributed by atoms with Gasteiger partial charge in [0.25, 0.3) is 5.91 Å². The lowest BCUT2D eigenvalue weighted by Crippen LogP contribution is -2.45. The second-order valence-electron chi connectivity index (χ2n) is 9.23. The topological polar surface area (TPSA) is 67.9 Å². The third-order valence-corrected chi connectivity index (χ3v) is 6.94. The molecule has 178 valence electrons. The number of carbonyl (C=O) groups is 2. The summed E-state index contributed by atoms with van der Waals surface area (Å²) in [7, 11) is 1.64. The van der Waals surface area contributed by atoms with E-state index in [1.165, 1.54) is 32.1 Å². The smallest absolute Gasteiger partial charge is 0.254 e. The van der Waals surface area contributed by atoms with E-state index in [2.05, 4.69) is 5.32 Å². The molecule has 1 atom stereocenters. The van der Waals surface area contributed by atoms with Gasteiger partial charge in [-0.25, -0.2) is 0 Å². The first-order chi connectivity index (χ1) is 16.2. The maximum absolute atomic E-state index is 13.4. The average molecular weight is 453 g/mol. The van der Waals surface area contributed by atoms with Gasteiger partial charge < -0.3 is 19.7 Å². The van der Waals surface area contributed by atoms with Crippen molar-refractivity contribution < 1.29 is 19.1 Å². The number of benzene rings is 2. The number of rotatable bonds is 8.